The fourth-order valence-corrected chi connectivity index (χ4v) is 2.40. The first kappa shape index (κ1) is 14.0. The van der Waals surface area contributed by atoms with E-state index in [1.54, 1.807) is 18.2 Å². The molecule has 0 aliphatic heterocycles. The topological polar surface area (TPSA) is 73.4 Å². The second kappa shape index (κ2) is 6.63. The Bertz CT molecular complexity index is 777. The number of aromatic nitrogens is 1. The summed E-state index contributed by atoms with van der Waals surface area (Å²) in [7, 11) is -0.560. The number of phenols is 1. The maximum atomic E-state index is 10.5. The molecule has 0 atom stereocenters. The first-order valence-corrected chi connectivity index (χ1v) is 7.09. The van der Waals surface area contributed by atoms with Gasteiger partial charge in [-0.05, 0) is 0 Å². The molecule has 1 aromatic heterocycles. The second-order valence-electron chi connectivity index (χ2n) is 3.83. The van der Waals surface area contributed by atoms with Crippen LogP contribution in [0.3, 0.4) is 0 Å². The van der Waals surface area contributed by atoms with Crippen LogP contribution in [0.4, 0.5) is 0 Å². The Hall–Kier alpha value is -1.46. The van der Waals surface area contributed by atoms with Crippen molar-refractivity contribution in [2.24, 2.45) is 0 Å². The molecule has 2 N–H and O–H groups in total. The number of H-pyrrole nitrogens is 1. The van der Waals surface area contributed by atoms with Crippen molar-refractivity contribution in [3.63, 3.8) is 0 Å². The Morgan fingerprint density at radius 1 is 1.26 bits per heavy atom. The number of nitrogens with zero attached hydrogens (tertiary/aromatic N) is 1. The van der Waals surface area contributed by atoms with Crippen molar-refractivity contribution in [1.29, 1.82) is 0 Å². The summed E-state index contributed by atoms with van der Waals surface area (Å²) in [5, 5.41) is 10.4. The molecule has 19 heavy (non-hydrogen) atoms. The Labute approximate surface area is 111 Å². The Kier molecular flexibility index (Phi) is 4.87. The summed E-state index contributed by atoms with van der Waals surface area (Å²) in [5.74, 6) is 5.16. The van der Waals surface area contributed by atoms with Gasteiger partial charge in [-0.15, -0.1) is 0 Å². The van der Waals surface area contributed by atoms with Crippen molar-refractivity contribution >= 4 is 26.7 Å². The standard InChI is InChI=1S/C12H10N2O3P2/c15-10-1-2-12-11(5-10)9(6-13-12)3-4-14(7-18-16)8-19-17/h1-2,5-6,13,15H,3-4H2. The van der Waals surface area contributed by atoms with Gasteiger partial charge in [0.05, 0.1) is 0 Å². The molecule has 96 valence electrons. The molecule has 7 heteroatoms. The van der Waals surface area contributed by atoms with E-state index in [9.17, 15) is 14.2 Å². The number of phenolic OH excluding ortho intramolecular Hbond substituents is 1. The average molecular weight is 292 g/mol. The summed E-state index contributed by atoms with van der Waals surface area (Å²) in [5.41, 5.74) is 1.94. The zero-order valence-electron chi connectivity index (χ0n) is 9.83. The Morgan fingerprint density at radius 2 is 2.00 bits per heavy atom. The molecular weight excluding hydrogens is 282 g/mol. The summed E-state index contributed by atoms with van der Waals surface area (Å²) in [6.07, 6.45) is 2.47. The fourth-order valence-electron chi connectivity index (χ4n) is 1.83. The molecule has 5 nitrogen and oxygen atoms in total. The molecule has 0 spiro atoms. The van der Waals surface area contributed by atoms with Crippen LogP contribution >= 0.6 is 15.8 Å². The van der Waals surface area contributed by atoms with E-state index in [0.717, 1.165) is 16.5 Å². The van der Waals surface area contributed by atoms with Crippen LogP contribution in [0.2, 0.25) is 0 Å². The van der Waals surface area contributed by atoms with Gasteiger partial charge in [-0.3, -0.25) is 0 Å². The minimum atomic E-state index is -0.280. The summed E-state index contributed by atoms with van der Waals surface area (Å²) < 4.78 is 20.9. The normalized spacial score (nSPS) is 10.2. The molecule has 2 aromatic rings. The number of hydrogen-bond donors (Lipinski definition) is 2. The van der Waals surface area contributed by atoms with E-state index < -0.39 is 0 Å². The molecule has 0 aliphatic rings. The Morgan fingerprint density at radius 3 is 2.68 bits per heavy atom. The molecule has 2 rings (SSSR count). The average Bonchev–Trinajstić information content (AvgIpc) is 2.79. The van der Waals surface area contributed by atoms with E-state index in [-0.39, 0.29) is 21.6 Å². The van der Waals surface area contributed by atoms with Gasteiger partial charge in [0.2, 0.25) is 0 Å². The number of benzene rings is 1. The molecule has 0 radical (unpaired) electrons. The molecule has 0 bridgehead atoms. The summed E-state index contributed by atoms with van der Waals surface area (Å²) in [6.45, 7) is 0.451. The van der Waals surface area contributed by atoms with Crippen LogP contribution in [0.25, 0.3) is 10.9 Å². The van der Waals surface area contributed by atoms with Crippen LogP contribution < -0.4 is 0 Å². The summed E-state index contributed by atoms with van der Waals surface area (Å²) >= 11 is 0. The van der Waals surface area contributed by atoms with Gasteiger partial charge >= 0.3 is 111 Å². The molecule has 0 fully saturated rings. The zero-order valence-corrected chi connectivity index (χ0v) is 11.6. The van der Waals surface area contributed by atoms with Gasteiger partial charge in [-0.25, -0.2) is 0 Å². The summed E-state index contributed by atoms with van der Waals surface area (Å²) in [4.78, 5) is 4.47. The first-order chi connectivity index (χ1) is 9.24. The molecule has 0 saturated carbocycles. The number of aromatic hydroxyl groups is 1. The van der Waals surface area contributed by atoms with Crippen molar-refractivity contribution < 1.29 is 14.2 Å². The molecular formula is C12H10N2O3P2. The Balaban J connectivity index is 2.22. The van der Waals surface area contributed by atoms with Crippen LogP contribution in [0.15, 0.2) is 24.4 Å². The van der Waals surface area contributed by atoms with Gasteiger partial charge in [0.1, 0.15) is 0 Å². The maximum absolute atomic E-state index is 10.5. The molecule has 0 amide bonds. The van der Waals surface area contributed by atoms with Crippen molar-refractivity contribution in [2.45, 2.75) is 6.42 Å². The monoisotopic (exact) mass is 292 g/mol. The first-order valence-electron chi connectivity index (χ1n) is 5.47. The van der Waals surface area contributed by atoms with Crippen molar-refractivity contribution in [3.05, 3.63) is 30.0 Å². The van der Waals surface area contributed by atoms with Gasteiger partial charge in [0, 0.05) is 0 Å². The third-order valence-corrected chi connectivity index (χ3v) is 3.32. The van der Waals surface area contributed by atoms with E-state index >= 15 is 0 Å². The predicted octanol–water partition coefficient (Wildman–Crippen LogP) is 3.13. The number of fused-ring (bicyclic) bond motifs is 1. The third kappa shape index (κ3) is 3.52. The zero-order chi connectivity index (χ0) is 13.7. The van der Waals surface area contributed by atoms with Gasteiger partial charge in [0.15, 0.2) is 0 Å². The number of hydrogen-bond acceptors (Lipinski definition) is 4. The van der Waals surface area contributed by atoms with Crippen LogP contribution in [0, 0.1) is 11.5 Å². The van der Waals surface area contributed by atoms with E-state index in [0.29, 0.717) is 13.0 Å². The third-order valence-electron chi connectivity index (χ3n) is 2.68. The van der Waals surface area contributed by atoms with Crippen LogP contribution in [0.5, 0.6) is 5.75 Å². The molecule has 1 heterocycles. The molecule has 0 saturated heterocycles. The van der Waals surface area contributed by atoms with Gasteiger partial charge in [-0.1, -0.05) is 0 Å². The molecule has 1 aromatic carbocycles. The van der Waals surface area contributed by atoms with Crippen LogP contribution in [-0.4, -0.2) is 21.5 Å². The number of rotatable bonds is 3. The van der Waals surface area contributed by atoms with Crippen molar-refractivity contribution in [2.75, 3.05) is 6.54 Å². The van der Waals surface area contributed by atoms with Crippen LogP contribution in [-0.2, 0) is 15.6 Å². The fraction of sp³-hybridized carbons (Fsp3) is 0.167. The summed E-state index contributed by atoms with van der Waals surface area (Å²) in [6, 6.07) is 5.10. The van der Waals surface area contributed by atoms with E-state index in [4.69, 9.17) is 0 Å². The van der Waals surface area contributed by atoms with E-state index in [2.05, 4.69) is 16.5 Å². The molecule has 0 aliphatic carbocycles. The molecule has 0 unspecified atom stereocenters. The van der Waals surface area contributed by atoms with Gasteiger partial charge in [-0.2, -0.15) is 0 Å². The second-order valence-corrected chi connectivity index (χ2v) is 4.59. The van der Waals surface area contributed by atoms with Crippen molar-refractivity contribution in [3.8, 4) is 17.3 Å². The van der Waals surface area contributed by atoms with Gasteiger partial charge in [0.25, 0.3) is 0 Å². The minimum absolute atomic E-state index is 0.206. The van der Waals surface area contributed by atoms with E-state index in [1.165, 1.54) is 4.90 Å². The van der Waals surface area contributed by atoms with E-state index in [1.807, 2.05) is 6.20 Å². The quantitative estimate of drug-likeness (QED) is 0.673. The van der Waals surface area contributed by atoms with Gasteiger partial charge < -0.3 is 0 Å². The SMILES string of the molecule is O=P#CN(C#P=O)CCc1c[nH]c2ccc(O)cc12. The van der Waals surface area contributed by atoms with Crippen molar-refractivity contribution in [1.82, 2.24) is 9.88 Å². The predicted molar refractivity (Wildman–Crippen MR) is 73.4 cm³/mol. The van der Waals surface area contributed by atoms with Crippen LogP contribution in [0.1, 0.15) is 5.56 Å². The number of nitrogens with one attached hydrogen (secondary N) is 1. The number of aromatic amines is 1.